The number of carbonyl (C=O) groups excluding carboxylic acids is 1. The summed E-state index contributed by atoms with van der Waals surface area (Å²) in [5, 5.41) is 13.1. The first kappa shape index (κ1) is 25.6. The summed E-state index contributed by atoms with van der Waals surface area (Å²) >= 11 is 0. The first-order valence-electron chi connectivity index (χ1n) is 13.5. The predicted molar refractivity (Wildman–Crippen MR) is 148 cm³/mol. The number of benzene rings is 2. The van der Waals surface area contributed by atoms with Crippen molar-refractivity contribution < 1.29 is 19.4 Å². The summed E-state index contributed by atoms with van der Waals surface area (Å²) < 4.78 is 11.5. The fourth-order valence-electron chi connectivity index (χ4n) is 4.67. The standard InChI is InChI=1S/C32H34N2O4/c1-3-5-19-37-23-11-7-21(8-12-23)25-15-17-27(33-25)29-31(35)30(32(29)36)28-18-16-26(34-28)22-9-13-24(14-10-22)38-20-6-4-2/h7-18,27,29,34-35H,3-6,19-20H2,1-2H3/p-1. The molecular weight excluding hydrogens is 476 g/mol. The average Bonchev–Trinajstić information content (AvgIpc) is 3.61. The molecule has 0 bridgehead atoms. The molecule has 5 rings (SSSR count). The minimum Gasteiger partial charge on any atom is -0.874 e. The first-order valence-corrected chi connectivity index (χ1v) is 13.5. The first-order chi connectivity index (χ1) is 18.6. The molecule has 0 fully saturated rings. The Labute approximate surface area is 223 Å². The van der Waals surface area contributed by atoms with Crippen LogP contribution >= 0.6 is 0 Å². The second kappa shape index (κ2) is 11.5. The summed E-state index contributed by atoms with van der Waals surface area (Å²) in [5.41, 5.74) is 4.30. The van der Waals surface area contributed by atoms with Crippen molar-refractivity contribution in [2.75, 3.05) is 13.2 Å². The normalized spacial score (nSPS) is 18.5. The SMILES string of the molecule is CCCCOc1ccc(C2=NC(C3C(=O)C(c4ccc(-c5ccc(OCCCC)cc5)[nH]4)=C3[O-])C=C2)cc1. The monoisotopic (exact) mass is 509 g/mol. The number of H-pyrrole nitrogens is 1. The van der Waals surface area contributed by atoms with E-state index < -0.39 is 12.0 Å². The molecule has 2 aliphatic rings. The van der Waals surface area contributed by atoms with E-state index in [2.05, 4.69) is 23.8 Å². The van der Waals surface area contributed by atoms with Crippen molar-refractivity contribution in [2.24, 2.45) is 10.9 Å². The fraction of sp³-hybridized carbons (Fsp3) is 0.312. The molecule has 1 aliphatic heterocycles. The predicted octanol–water partition coefficient (Wildman–Crippen LogP) is 5.74. The smallest absolute Gasteiger partial charge is 0.172 e. The quantitative estimate of drug-likeness (QED) is 0.316. The lowest BCUT2D eigenvalue weighted by Gasteiger charge is -2.38. The van der Waals surface area contributed by atoms with Crippen LogP contribution in [-0.4, -0.2) is 35.7 Å². The number of hydrogen-bond acceptors (Lipinski definition) is 5. The largest absolute Gasteiger partial charge is 0.874 e. The number of aliphatic imine (C=N–C) groups is 1. The third-order valence-corrected chi connectivity index (χ3v) is 6.94. The van der Waals surface area contributed by atoms with Gasteiger partial charge in [-0.05, 0) is 90.7 Å². The Balaban J connectivity index is 1.25. The number of nitrogens with one attached hydrogen (secondary N) is 1. The zero-order valence-corrected chi connectivity index (χ0v) is 21.9. The molecule has 3 aromatic rings. The van der Waals surface area contributed by atoms with Gasteiger partial charge in [-0.1, -0.05) is 32.8 Å². The number of rotatable bonds is 12. The maximum Gasteiger partial charge on any atom is 0.172 e. The molecule has 0 spiro atoms. The van der Waals surface area contributed by atoms with E-state index in [0.717, 1.165) is 59.7 Å². The van der Waals surface area contributed by atoms with Crippen molar-refractivity contribution in [3.8, 4) is 22.8 Å². The van der Waals surface area contributed by atoms with Crippen LogP contribution in [0.15, 0.2) is 83.6 Å². The van der Waals surface area contributed by atoms with Crippen molar-refractivity contribution >= 4 is 17.1 Å². The number of unbranched alkanes of at least 4 members (excludes halogenated alkanes) is 2. The van der Waals surface area contributed by atoms with Gasteiger partial charge in [0.1, 0.15) is 11.5 Å². The number of aromatic amines is 1. The van der Waals surface area contributed by atoms with Crippen molar-refractivity contribution in [2.45, 2.75) is 45.6 Å². The zero-order valence-electron chi connectivity index (χ0n) is 21.9. The van der Waals surface area contributed by atoms with E-state index in [1.54, 1.807) is 6.07 Å². The molecule has 6 nitrogen and oxygen atoms in total. The number of Topliss-reactive ketones (excluding diaryl/α,β-unsaturated/α-hetero) is 1. The number of aromatic nitrogens is 1. The maximum atomic E-state index is 13.1. The minimum atomic E-state index is -0.762. The van der Waals surface area contributed by atoms with Crippen LogP contribution < -0.4 is 14.6 Å². The van der Waals surface area contributed by atoms with Gasteiger partial charge in [-0.15, -0.1) is 5.76 Å². The van der Waals surface area contributed by atoms with Crippen LogP contribution in [0.4, 0.5) is 0 Å². The molecule has 0 amide bonds. The Bertz CT molecular complexity index is 1360. The van der Waals surface area contributed by atoms with E-state index in [9.17, 15) is 9.90 Å². The summed E-state index contributed by atoms with van der Waals surface area (Å²) in [6.07, 6.45) is 7.96. The third kappa shape index (κ3) is 5.30. The van der Waals surface area contributed by atoms with Crippen LogP contribution in [0.5, 0.6) is 11.5 Å². The zero-order chi connectivity index (χ0) is 26.5. The van der Waals surface area contributed by atoms with Crippen molar-refractivity contribution in [1.82, 2.24) is 4.98 Å². The van der Waals surface area contributed by atoms with Crippen molar-refractivity contribution in [1.29, 1.82) is 0 Å². The van der Waals surface area contributed by atoms with E-state index in [1.807, 2.05) is 66.7 Å². The van der Waals surface area contributed by atoms with E-state index in [4.69, 9.17) is 9.47 Å². The topological polar surface area (TPSA) is 86.7 Å². The fourth-order valence-corrected chi connectivity index (χ4v) is 4.67. The highest BCUT2D eigenvalue weighted by atomic mass is 16.5. The molecule has 1 aliphatic carbocycles. The summed E-state index contributed by atoms with van der Waals surface area (Å²) in [4.78, 5) is 21.0. The molecule has 2 heterocycles. The van der Waals surface area contributed by atoms with Gasteiger partial charge < -0.3 is 19.6 Å². The molecule has 0 radical (unpaired) electrons. The molecule has 2 unspecified atom stereocenters. The lowest BCUT2D eigenvalue weighted by molar-refractivity contribution is -0.315. The number of ether oxygens (including phenoxy) is 2. The van der Waals surface area contributed by atoms with Crippen LogP contribution in [0.2, 0.25) is 0 Å². The van der Waals surface area contributed by atoms with Gasteiger partial charge in [0.05, 0.1) is 30.9 Å². The van der Waals surface area contributed by atoms with Crippen LogP contribution in [-0.2, 0) is 4.79 Å². The van der Waals surface area contributed by atoms with Gasteiger partial charge in [0.15, 0.2) is 5.78 Å². The van der Waals surface area contributed by atoms with E-state index in [-0.39, 0.29) is 17.1 Å². The molecule has 1 N–H and O–H groups in total. The number of allylic oxidation sites excluding steroid dienone is 2. The minimum absolute atomic E-state index is 0.164. The summed E-state index contributed by atoms with van der Waals surface area (Å²) in [7, 11) is 0. The second-order valence-corrected chi connectivity index (χ2v) is 9.68. The van der Waals surface area contributed by atoms with Gasteiger partial charge in [-0.2, -0.15) is 0 Å². The van der Waals surface area contributed by atoms with Gasteiger partial charge in [0, 0.05) is 17.0 Å². The summed E-state index contributed by atoms with van der Waals surface area (Å²) in [6, 6.07) is 18.8. The van der Waals surface area contributed by atoms with Crippen LogP contribution in [0.3, 0.4) is 0 Å². The van der Waals surface area contributed by atoms with Crippen LogP contribution in [0.25, 0.3) is 16.8 Å². The van der Waals surface area contributed by atoms with E-state index in [1.165, 1.54) is 0 Å². The highest BCUT2D eigenvalue weighted by molar-refractivity contribution is 6.29. The number of hydrogen-bond donors (Lipinski definition) is 1. The van der Waals surface area contributed by atoms with Gasteiger partial charge in [0.25, 0.3) is 0 Å². The molecule has 0 saturated heterocycles. The number of carbonyl (C=O) groups is 1. The van der Waals surface area contributed by atoms with E-state index >= 15 is 0 Å². The Kier molecular flexibility index (Phi) is 7.78. The number of ketones is 1. The van der Waals surface area contributed by atoms with Crippen molar-refractivity contribution in [3.63, 3.8) is 0 Å². The molecule has 0 saturated carbocycles. The number of nitrogens with zero attached hydrogens (tertiary/aromatic N) is 1. The molecule has 196 valence electrons. The Hall–Kier alpha value is -4.06. The highest BCUT2D eigenvalue weighted by Crippen LogP contribution is 2.39. The Morgan fingerprint density at radius 3 is 1.97 bits per heavy atom. The van der Waals surface area contributed by atoms with Gasteiger partial charge in [0.2, 0.25) is 0 Å². The summed E-state index contributed by atoms with van der Waals surface area (Å²) in [6.45, 7) is 5.67. The molecule has 38 heavy (non-hydrogen) atoms. The van der Waals surface area contributed by atoms with Gasteiger partial charge in [-0.3, -0.25) is 9.79 Å². The molecular formula is C32H33N2O4-. The Morgan fingerprint density at radius 2 is 1.39 bits per heavy atom. The maximum absolute atomic E-state index is 13.1. The third-order valence-electron chi connectivity index (χ3n) is 6.94. The lowest BCUT2D eigenvalue weighted by atomic mass is 9.76. The molecule has 2 aromatic carbocycles. The van der Waals surface area contributed by atoms with Crippen molar-refractivity contribution in [3.05, 3.63) is 89.8 Å². The van der Waals surface area contributed by atoms with Crippen LogP contribution in [0.1, 0.15) is 50.8 Å². The van der Waals surface area contributed by atoms with Crippen LogP contribution in [0, 0.1) is 5.92 Å². The van der Waals surface area contributed by atoms with E-state index in [0.29, 0.717) is 18.9 Å². The highest BCUT2D eigenvalue weighted by Gasteiger charge is 2.40. The Morgan fingerprint density at radius 1 is 0.816 bits per heavy atom. The van der Waals surface area contributed by atoms with Gasteiger partial charge >= 0.3 is 0 Å². The lowest BCUT2D eigenvalue weighted by Crippen LogP contribution is -2.42. The van der Waals surface area contributed by atoms with Gasteiger partial charge in [-0.25, -0.2) is 0 Å². The molecule has 1 aromatic heterocycles. The second-order valence-electron chi connectivity index (χ2n) is 9.68. The molecule has 2 atom stereocenters. The average molecular weight is 510 g/mol. The summed E-state index contributed by atoms with van der Waals surface area (Å²) in [5.74, 6) is 0.564. The molecule has 6 heteroatoms.